The molecule has 0 aliphatic carbocycles. The zero-order valence-electron chi connectivity index (χ0n) is 17.1. The third kappa shape index (κ3) is 3.24. The topological polar surface area (TPSA) is 94.6 Å². The van der Waals surface area contributed by atoms with E-state index < -0.39 is 0 Å². The molecule has 4 aromatic rings. The van der Waals surface area contributed by atoms with E-state index in [4.69, 9.17) is 4.74 Å². The molecular formula is C22H20N6O3. The smallest absolute Gasteiger partial charge is 0.260 e. The first-order valence-corrected chi connectivity index (χ1v) is 9.89. The largest absolute Gasteiger partial charge is 0.496 e. The Morgan fingerprint density at radius 3 is 2.84 bits per heavy atom. The Bertz CT molecular complexity index is 1360. The zero-order valence-corrected chi connectivity index (χ0v) is 17.1. The number of hydrogen-bond donors (Lipinski definition) is 0. The van der Waals surface area contributed by atoms with Gasteiger partial charge in [0.25, 0.3) is 11.5 Å². The predicted octanol–water partition coefficient (Wildman–Crippen LogP) is 1.79. The van der Waals surface area contributed by atoms with Gasteiger partial charge in [0.15, 0.2) is 5.65 Å². The summed E-state index contributed by atoms with van der Waals surface area (Å²) in [5, 5.41) is 4.52. The van der Waals surface area contributed by atoms with Crippen molar-refractivity contribution in [3.05, 3.63) is 81.8 Å². The second-order valence-corrected chi connectivity index (χ2v) is 7.41. The van der Waals surface area contributed by atoms with Gasteiger partial charge in [0.1, 0.15) is 11.6 Å². The van der Waals surface area contributed by atoms with Gasteiger partial charge in [0, 0.05) is 55.8 Å². The van der Waals surface area contributed by atoms with Crippen molar-refractivity contribution in [2.75, 3.05) is 13.7 Å². The van der Waals surface area contributed by atoms with Crippen molar-refractivity contribution in [1.82, 2.24) is 29.0 Å². The van der Waals surface area contributed by atoms with Crippen molar-refractivity contribution in [3.63, 3.8) is 0 Å². The Kier molecular flexibility index (Phi) is 4.50. The number of rotatable bonds is 3. The molecule has 4 aromatic heterocycles. The van der Waals surface area contributed by atoms with Crippen LogP contribution in [0.5, 0.6) is 5.75 Å². The number of hydrogen-bond acceptors (Lipinski definition) is 6. The maximum absolute atomic E-state index is 13.4. The first-order chi connectivity index (χ1) is 15.0. The third-order valence-electron chi connectivity index (χ3n) is 5.42. The summed E-state index contributed by atoms with van der Waals surface area (Å²) in [6, 6.07) is 8.51. The molecule has 0 saturated carbocycles. The molecular weight excluding hydrogens is 396 g/mol. The van der Waals surface area contributed by atoms with Gasteiger partial charge in [-0.15, -0.1) is 0 Å². The first-order valence-electron chi connectivity index (χ1n) is 9.89. The molecule has 9 heteroatoms. The molecule has 1 aliphatic heterocycles. The summed E-state index contributed by atoms with van der Waals surface area (Å²) in [5.41, 5.74) is 3.71. The lowest BCUT2D eigenvalue weighted by Crippen LogP contribution is -2.37. The Morgan fingerprint density at radius 1 is 1.19 bits per heavy atom. The van der Waals surface area contributed by atoms with Crippen molar-refractivity contribution in [2.24, 2.45) is 0 Å². The summed E-state index contributed by atoms with van der Waals surface area (Å²) in [4.78, 5) is 36.4. The third-order valence-corrected chi connectivity index (χ3v) is 5.42. The molecule has 0 saturated heterocycles. The number of amides is 1. The van der Waals surface area contributed by atoms with Crippen LogP contribution < -0.4 is 10.3 Å². The standard InChI is InChI=1S/C22H20N6O3/c1-14-9-20-24-11-15-12-26(8-6-17(15)28(20)25-14)22(30)16-13-27(19-5-3-4-7-23-19)21(29)10-18(16)31-2/h3-5,7,9-11,13H,6,8,12H2,1-2H3. The molecule has 9 nitrogen and oxygen atoms in total. The Hall–Kier alpha value is -4.01. The van der Waals surface area contributed by atoms with Gasteiger partial charge >= 0.3 is 0 Å². The molecule has 0 radical (unpaired) electrons. The number of pyridine rings is 2. The number of aromatic nitrogens is 5. The van der Waals surface area contributed by atoms with Crippen LogP contribution in [0.4, 0.5) is 0 Å². The van der Waals surface area contributed by atoms with Crippen LogP contribution >= 0.6 is 0 Å². The minimum Gasteiger partial charge on any atom is -0.496 e. The summed E-state index contributed by atoms with van der Waals surface area (Å²) in [5.74, 6) is 0.460. The fourth-order valence-corrected chi connectivity index (χ4v) is 3.92. The van der Waals surface area contributed by atoms with Gasteiger partial charge < -0.3 is 9.64 Å². The van der Waals surface area contributed by atoms with E-state index in [2.05, 4.69) is 15.1 Å². The quantitative estimate of drug-likeness (QED) is 0.505. The summed E-state index contributed by atoms with van der Waals surface area (Å²) in [7, 11) is 1.45. The second kappa shape index (κ2) is 7.35. The van der Waals surface area contributed by atoms with E-state index in [1.807, 2.05) is 17.5 Å². The van der Waals surface area contributed by atoms with Gasteiger partial charge in [-0.3, -0.25) is 14.2 Å². The molecule has 0 atom stereocenters. The highest BCUT2D eigenvalue weighted by atomic mass is 16.5. The van der Waals surface area contributed by atoms with Gasteiger partial charge in [0.2, 0.25) is 0 Å². The average Bonchev–Trinajstić information content (AvgIpc) is 3.19. The molecule has 156 valence electrons. The van der Waals surface area contributed by atoms with Gasteiger partial charge in [-0.2, -0.15) is 5.10 Å². The number of carbonyl (C=O) groups excluding carboxylic acids is 1. The second-order valence-electron chi connectivity index (χ2n) is 7.41. The van der Waals surface area contributed by atoms with Crippen LogP contribution in [0.25, 0.3) is 11.5 Å². The summed E-state index contributed by atoms with van der Waals surface area (Å²) in [6.07, 6.45) is 5.56. The van der Waals surface area contributed by atoms with E-state index in [-0.39, 0.29) is 17.2 Å². The molecule has 1 aliphatic rings. The van der Waals surface area contributed by atoms with E-state index in [1.165, 1.54) is 23.9 Å². The minimum absolute atomic E-state index is 0.219. The number of fused-ring (bicyclic) bond motifs is 3. The fourth-order valence-electron chi connectivity index (χ4n) is 3.92. The van der Waals surface area contributed by atoms with Crippen molar-refractivity contribution < 1.29 is 9.53 Å². The van der Waals surface area contributed by atoms with Crippen LogP contribution in [0.3, 0.4) is 0 Å². The van der Waals surface area contributed by atoms with Gasteiger partial charge in [-0.25, -0.2) is 14.5 Å². The van der Waals surface area contributed by atoms with E-state index in [9.17, 15) is 9.59 Å². The van der Waals surface area contributed by atoms with Crippen LogP contribution in [-0.4, -0.2) is 48.6 Å². The molecule has 31 heavy (non-hydrogen) atoms. The van der Waals surface area contributed by atoms with Crippen molar-refractivity contribution in [1.29, 1.82) is 0 Å². The molecule has 0 unspecified atom stereocenters. The van der Waals surface area contributed by atoms with E-state index >= 15 is 0 Å². The number of methoxy groups -OCH3 is 1. The van der Waals surface area contributed by atoms with Crippen LogP contribution in [0.1, 0.15) is 27.3 Å². The number of nitrogens with zero attached hydrogens (tertiary/aromatic N) is 6. The van der Waals surface area contributed by atoms with Crippen molar-refractivity contribution in [2.45, 2.75) is 19.9 Å². The maximum Gasteiger partial charge on any atom is 0.260 e. The SMILES string of the molecule is COc1cc(=O)n(-c2ccccn2)cc1C(=O)N1CCc2c(cnc3cc(C)nn23)C1. The first kappa shape index (κ1) is 19.0. The highest BCUT2D eigenvalue weighted by Crippen LogP contribution is 2.24. The van der Waals surface area contributed by atoms with Crippen LogP contribution in [0, 0.1) is 6.92 Å². The van der Waals surface area contributed by atoms with Crippen LogP contribution in [-0.2, 0) is 13.0 Å². The molecule has 0 aromatic carbocycles. The van der Waals surface area contributed by atoms with Gasteiger partial charge in [0.05, 0.1) is 24.1 Å². The van der Waals surface area contributed by atoms with Crippen molar-refractivity contribution >= 4 is 11.6 Å². The normalized spacial score (nSPS) is 13.3. The minimum atomic E-state index is -0.322. The van der Waals surface area contributed by atoms with E-state index in [1.54, 1.807) is 35.5 Å². The van der Waals surface area contributed by atoms with Crippen molar-refractivity contribution in [3.8, 4) is 11.6 Å². The van der Waals surface area contributed by atoms with Gasteiger partial charge in [-0.1, -0.05) is 6.07 Å². The average molecular weight is 416 g/mol. The molecule has 0 fully saturated rings. The van der Waals surface area contributed by atoms with Gasteiger partial charge in [-0.05, 0) is 19.1 Å². The molecule has 5 heterocycles. The fraction of sp³-hybridized carbons (Fsp3) is 0.227. The maximum atomic E-state index is 13.4. The molecule has 0 bridgehead atoms. The predicted molar refractivity (Wildman–Crippen MR) is 113 cm³/mol. The molecule has 0 N–H and O–H groups in total. The highest BCUT2D eigenvalue weighted by molar-refractivity contribution is 5.96. The number of carbonyl (C=O) groups is 1. The van der Waals surface area contributed by atoms with E-state index in [0.29, 0.717) is 30.9 Å². The lowest BCUT2D eigenvalue weighted by Gasteiger charge is -2.29. The summed E-state index contributed by atoms with van der Waals surface area (Å²) < 4.78 is 8.56. The number of aryl methyl sites for hydroxylation is 1. The Balaban J connectivity index is 1.52. The highest BCUT2D eigenvalue weighted by Gasteiger charge is 2.27. The molecule has 5 rings (SSSR count). The molecule has 1 amide bonds. The zero-order chi connectivity index (χ0) is 21.5. The van der Waals surface area contributed by atoms with Crippen LogP contribution in [0.15, 0.2) is 53.7 Å². The van der Waals surface area contributed by atoms with E-state index in [0.717, 1.165) is 22.6 Å². The lowest BCUT2D eigenvalue weighted by atomic mass is 10.1. The Labute approximate surface area is 177 Å². The summed E-state index contributed by atoms with van der Waals surface area (Å²) in [6.45, 7) is 2.86. The summed E-state index contributed by atoms with van der Waals surface area (Å²) >= 11 is 0. The van der Waals surface area contributed by atoms with Crippen LogP contribution in [0.2, 0.25) is 0 Å². The monoisotopic (exact) mass is 416 g/mol. The molecule has 0 spiro atoms. The Morgan fingerprint density at radius 2 is 2.06 bits per heavy atom. The lowest BCUT2D eigenvalue weighted by molar-refractivity contribution is 0.0728. The number of ether oxygens (including phenoxy) is 1.